The van der Waals surface area contributed by atoms with E-state index in [1.165, 1.54) is 0 Å². The Bertz CT molecular complexity index is 1190. The van der Waals surface area contributed by atoms with Gasteiger partial charge in [-0.2, -0.15) is 10.4 Å². The number of nitrogens with zero attached hydrogens (tertiary/aromatic N) is 4. The van der Waals surface area contributed by atoms with E-state index in [-0.39, 0.29) is 12.5 Å². The molecule has 1 fully saturated rings. The second-order valence-electron chi connectivity index (χ2n) is 8.77. The van der Waals surface area contributed by atoms with Gasteiger partial charge in [0.05, 0.1) is 30.5 Å². The van der Waals surface area contributed by atoms with E-state index >= 15 is 0 Å². The van der Waals surface area contributed by atoms with Crippen LogP contribution in [0.2, 0.25) is 0 Å². The van der Waals surface area contributed by atoms with Gasteiger partial charge in [-0.1, -0.05) is 55.8 Å². The van der Waals surface area contributed by atoms with Gasteiger partial charge >= 0.3 is 0 Å². The van der Waals surface area contributed by atoms with E-state index in [1.807, 2.05) is 31.3 Å². The number of morpholine rings is 1. The summed E-state index contributed by atoms with van der Waals surface area (Å²) in [5, 5.41) is 14.2. The van der Waals surface area contributed by atoms with Crippen molar-refractivity contribution < 1.29 is 14.3 Å². The minimum atomic E-state index is -0.0314. The summed E-state index contributed by atoms with van der Waals surface area (Å²) in [6.45, 7) is 4.49. The first-order valence-electron chi connectivity index (χ1n) is 12.2. The van der Waals surface area contributed by atoms with E-state index in [4.69, 9.17) is 14.6 Å². The molecule has 1 aliphatic heterocycles. The monoisotopic (exact) mass is 472 g/mol. The van der Waals surface area contributed by atoms with Crippen LogP contribution in [-0.4, -0.2) is 53.5 Å². The van der Waals surface area contributed by atoms with Gasteiger partial charge in [0.25, 0.3) is 5.91 Å². The van der Waals surface area contributed by atoms with Crippen LogP contribution in [0, 0.1) is 11.3 Å². The predicted octanol–water partition coefficient (Wildman–Crippen LogP) is 4.13. The number of nitriles is 1. The Labute approximate surface area is 206 Å². The fourth-order valence-corrected chi connectivity index (χ4v) is 4.38. The van der Waals surface area contributed by atoms with Gasteiger partial charge in [-0.3, -0.25) is 4.79 Å². The highest BCUT2D eigenvalue weighted by Gasteiger charge is 2.22. The molecular weight excluding hydrogens is 440 g/mol. The Morgan fingerprint density at radius 1 is 1.14 bits per heavy atom. The van der Waals surface area contributed by atoms with Crippen molar-refractivity contribution >= 4 is 5.91 Å². The highest BCUT2D eigenvalue weighted by Crippen LogP contribution is 2.28. The van der Waals surface area contributed by atoms with Crippen LogP contribution in [0.3, 0.4) is 0 Å². The van der Waals surface area contributed by atoms with Crippen LogP contribution >= 0.6 is 0 Å². The van der Waals surface area contributed by atoms with Crippen LogP contribution in [0.1, 0.15) is 42.1 Å². The maximum Gasteiger partial charge on any atom is 0.260 e. The van der Waals surface area contributed by atoms with Crippen molar-refractivity contribution in [2.75, 3.05) is 32.9 Å². The molecule has 7 heteroatoms. The van der Waals surface area contributed by atoms with Crippen molar-refractivity contribution in [3.8, 4) is 23.1 Å². The fourth-order valence-electron chi connectivity index (χ4n) is 4.38. The third-order valence-corrected chi connectivity index (χ3v) is 6.33. The first kappa shape index (κ1) is 24.5. The highest BCUT2D eigenvalue weighted by molar-refractivity contribution is 5.78. The Hall–Kier alpha value is -3.63. The number of aromatic nitrogens is 2. The topological polar surface area (TPSA) is 80.4 Å². The molecule has 1 amide bonds. The number of ether oxygens (including phenoxy) is 2. The summed E-state index contributed by atoms with van der Waals surface area (Å²) in [7, 11) is 1.87. The molecule has 35 heavy (non-hydrogen) atoms. The zero-order chi connectivity index (χ0) is 24.6. The molecule has 0 N–H and O–H groups in total. The predicted molar refractivity (Wildman–Crippen MR) is 134 cm³/mol. The SMILES string of the molecule is CCCCc1nn(C)c(OCC(=O)N2CCOCC2)c1Cc1ccc(-c2ccccc2C#N)cc1. The number of amides is 1. The Morgan fingerprint density at radius 3 is 2.60 bits per heavy atom. The van der Waals surface area contributed by atoms with Crippen molar-refractivity contribution in [3.63, 3.8) is 0 Å². The number of unbranched alkanes of at least 4 members (excludes halogenated alkanes) is 1. The summed E-state index contributed by atoms with van der Waals surface area (Å²) in [6.07, 6.45) is 3.65. The summed E-state index contributed by atoms with van der Waals surface area (Å²) >= 11 is 0. The van der Waals surface area contributed by atoms with Crippen LogP contribution in [0.15, 0.2) is 48.5 Å². The maximum atomic E-state index is 12.6. The van der Waals surface area contributed by atoms with E-state index in [1.54, 1.807) is 9.58 Å². The summed E-state index contributed by atoms with van der Waals surface area (Å²) in [4.78, 5) is 14.4. The molecule has 0 aliphatic carbocycles. The molecule has 2 heterocycles. The molecular formula is C28H32N4O3. The van der Waals surface area contributed by atoms with Gasteiger partial charge in [-0.15, -0.1) is 0 Å². The Kier molecular flexibility index (Phi) is 8.17. The summed E-state index contributed by atoms with van der Waals surface area (Å²) in [6, 6.07) is 18.2. The van der Waals surface area contributed by atoms with Gasteiger partial charge in [0.2, 0.25) is 5.88 Å². The Morgan fingerprint density at radius 2 is 1.89 bits per heavy atom. The molecule has 2 aromatic carbocycles. The molecule has 0 radical (unpaired) electrons. The first-order chi connectivity index (χ1) is 17.1. The number of rotatable bonds is 9. The summed E-state index contributed by atoms with van der Waals surface area (Å²) in [5.41, 5.74) is 5.77. The summed E-state index contributed by atoms with van der Waals surface area (Å²) < 4.78 is 13.2. The lowest BCUT2D eigenvalue weighted by molar-refractivity contribution is -0.137. The number of aryl methyl sites for hydroxylation is 2. The van der Waals surface area contributed by atoms with Crippen molar-refractivity contribution in [1.29, 1.82) is 5.26 Å². The molecule has 1 saturated heterocycles. The van der Waals surface area contributed by atoms with E-state index < -0.39 is 0 Å². The average molecular weight is 473 g/mol. The molecule has 1 aliphatic rings. The quantitative estimate of drug-likeness (QED) is 0.468. The van der Waals surface area contributed by atoms with Gasteiger partial charge in [0.1, 0.15) is 0 Å². The van der Waals surface area contributed by atoms with Crippen LogP contribution in [0.25, 0.3) is 11.1 Å². The largest absolute Gasteiger partial charge is 0.468 e. The average Bonchev–Trinajstić information content (AvgIpc) is 3.20. The molecule has 1 aromatic heterocycles. The molecule has 0 unspecified atom stereocenters. The first-order valence-corrected chi connectivity index (χ1v) is 12.2. The molecule has 0 spiro atoms. The molecule has 4 rings (SSSR count). The third kappa shape index (κ3) is 5.90. The number of carbonyl (C=O) groups excluding carboxylic acids is 1. The van der Waals surface area contributed by atoms with Crippen molar-refractivity contribution in [1.82, 2.24) is 14.7 Å². The lowest BCUT2D eigenvalue weighted by Gasteiger charge is -2.26. The van der Waals surface area contributed by atoms with E-state index in [2.05, 4.69) is 37.3 Å². The highest BCUT2D eigenvalue weighted by atomic mass is 16.5. The van der Waals surface area contributed by atoms with E-state index in [0.29, 0.717) is 44.2 Å². The molecule has 3 aromatic rings. The van der Waals surface area contributed by atoms with Crippen molar-refractivity contribution in [2.24, 2.45) is 7.05 Å². The molecule has 0 atom stereocenters. The fraction of sp³-hybridized carbons (Fsp3) is 0.393. The number of hydrogen-bond donors (Lipinski definition) is 0. The number of carbonyl (C=O) groups is 1. The number of benzene rings is 2. The van der Waals surface area contributed by atoms with Crippen molar-refractivity contribution in [2.45, 2.75) is 32.6 Å². The summed E-state index contributed by atoms with van der Waals surface area (Å²) in [5.74, 6) is 0.618. The van der Waals surface area contributed by atoms with E-state index in [9.17, 15) is 10.1 Å². The maximum absolute atomic E-state index is 12.6. The molecule has 0 saturated carbocycles. The standard InChI is InChI=1S/C28H32N4O3/c1-3-4-9-26-25(28(31(2)30-26)35-20-27(33)32-14-16-34-17-15-32)18-21-10-12-22(13-11-21)24-8-6-5-7-23(24)19-29/h5-8,10-13H,3-4,9,14-18,20H2,1-2H3. The molecule has 0 bridgehead atoms. The Balaban J connectivity index is 1.54. The van der Waals surface area contributed by atoms with Crippen LogP contribution < -0.4 is 4.74 Å². The van der Waals surface area contributed by atoms with Gasteiger partial charge in [-0.25, -0.2) is 4.68 Å². The molecule has 182 valence electrons. The van der Waals surface area contributed by atoms with Crippen LogP contribution in [0.5, 0.6) is 5.88 Å². The minimum absolute atomic E-state index is 0.0103. The number of hydrogen-bond acceptors (Lipinski definition) is 5. The van der Waals surface area contributed by atoms with Gasteiger partial charge in [-0.05, 0) is 35.6 Å². The van der Waals surface area contributed by atoms with Crippen LogP contribution in [-0.2, 0) is 29.4 Å². The second-order valence-corrected chi connectivity index (χ2v) is 8.77. The smallest absolute Gasteiger partial charge is 0.260 e. The van der Waals surface area contributed by atoms with E-state index in [0.717, 1.165) is 47.2 Å². The molecule has 7 nitrogen and oxygen atoms in total. The van der Waals surface area contributed by atoms with Crippen molar-refractivity contribution in [3.05, 3.63) is 70.9 Å². The second kappa shape index (κ2) is 11.7. The van der Waals surface area contributed by atoms with Gasteiger partial charge < -0.3 is 14.4 Å². The van der Waals surface area contributed by atoms with Crippen LogP contribution in [0.4, 0.5) is 0 Å². The lowest BCUT2D eigenvalue weighted by atomic mass is 9.97. The third-order valence-electron chi connectivity index (χ3n) is 6.33. The van der Waals surface area contributed by atoms with Gasteiger partial charge in [0.15, 0.2) is 6.61 Å². The zero-order valence-corrected chi connectivity index (χ0v) is 20.5. The van der Waals surface area contributed by atoms with Gasteiger partial charge in [0, 0.05) is 32.1 Å². The minimum Gasteiger partial charge on any atom is -0.468 e. The normalized spacial score (nSPS) is 13.5. The zero-order valence-electron chi connectivity index (χ0n) is 20.5. The lowest BCUT2D eigenvalue weighted by Crippen LogP contribution is -2.43.